The van der Waals surface area contributed by atoms with E-state index in [0.717, 1.165) is 43.3 Å². The lowest BCUT2D eigenvalue weighted by molar-refractivity contribution is -0.130. The molecule has 1 N–H and O–H groups in total. The first-order chi connectivity index (χ1) is 9.19. The lowest BCUT2D eigenvalue weighted by Crippen LogP contribution is -2.40. The second-order valence-electron chi connectivity index (χ2n) is 5.15. The quantitative estimate of drug-likeness (QED) is 0.905. The van der Waals surface area contributed by atoms with E-state index in [-0.39, 0.29) is 5.91 Å². The number of nitrogens with one attached hydrogen (secondary N) is 1. The highest BCUT2D eigenvalue weighted by Crippen LogP contribution is 2.18. The maximum atomic E-state index is 12.1. The smallest absolute Gasteiger partial charge is 0.241 e. The number of likely N-dealkylation sites (tertiary alicyclic amines) is 1. The molecule has 2 rings (SSSR count). The fourth-order valence-electron chi connectivity index (χ4n) is 2.28. The van der Waals surface area contributed by atoms with E-state index in [1.165, 1.54) is 0 Å². The number of rotatable bonds is 4. The summed E-state index contributed by atoms with van der Waals surface area (Å²) in [5.41, 5.74) is 0.915. The van der Waals surface area contributed by atoms with E-state index in [4.69, 9.17) is 4.74 Å². The first-order valence-electron chi connectivity index (χ1n) is 6.84. The Kier molecular flexibility index (Phi) is 4.66. The van der Waals surface area contributed by atoms with Crippen LogP contribution in [0.1, 0.15) is 19.8 Å². The molecule has 1 aromatic rings. The van der Waals surface area contributed by atoms with Crippen LogP contribution in [0.4, 0.5) is 5.69 Å². The number of piperidine rings is 1. The molecular weight excluding hydrogens is 240 g/mol. The van der Waals surface area contributed by atoms with Crippen LogP contribution in [0.3, 0.4) is 0 Å². The van der Waals surface area contributed by atoms with Gasteiger partial charge in [0.25, 0.3) is 0 Å². The van der Waals surface area contributed by atoms with E-state index < -0.39 is 0 Å². The number of anilines is 1. The van der Waals surface area contributed by atoms with Gasteiger partial charge in [-0.05, 0) is 30.9 Å². The maximum absolute atomic E-state index is 12.1. The predicted octanol–water partition coefficient (Wildman–Crippen LogP) is 2.37. The second-order valence-corrected chi connectivity index (χ2v) is 5.15. The third-order valence-corrected chi connectivity index (χ3v) is 3.65. The van der Waals surface area contributed by atoms with Gasteiger partial charge in [-0.15, -0.1) is 0 Å². The normalized spacial score (nSPS) is 16.2. The fraction of sp³-hybridized carbons (Fsp3) is 0.533. The van der Waals surface area contributed by atoms with Gasteiger partial charge in [0.2, 0.25) is 5.91 Å². The van der Waals surface area contributed by atoms with Crippen LogP contribution in [-0.2, 0) is 4.79 Å². The molecule has 1 saturated heterocycles. The van der Waals surface area contributed by atoms with Crippen molar-refractivity contribution >= 4 is 11.6 Å². The minimum Gasteiger partial charge on any atom is -0.497 e. The summed E-state index contributed by atoms with van der Waals surface area (Å²) in [5.74, 6) is 1.72. The van der Waals surface area contributed by atoms with Crippen LogP contribution in [0, 0.1) is 5.92 Å². The van der Waals surface area contributed by atoms with Crippen LogP contribution in [-0.4, -0.2) is 37.6 Å². The van der Waals surface area contributed by atoms with Gasteiger partial charge in [0.15, 0.2) is 0 Å². The lowest BCUT2D eigenvalue weighted by Gasteiger charge is -2.30. The first-order valence-corrected chi connectivity index (χ1v) is 6.84. The minimum absolute atomic E-state index is 0.176. The summed E-state index contributed by atoms with van der Waals surface area (Å²) in [6.07, 6.45) is 2.23. The first kappa shape index (κ1) is 13.7. The van der Waals surface area contributed by atoms with E-state index in [1.807, 2.05) is 29.2 Å². The highest BCUT2D eigenvalue weighted by atomic mass is 16.5. The van der Waals surface area contributed by atoms with Gasteiger partial charge in [-0.3, -0.25) is 4.79 Å². The van der Waals surface area contributed by atoms with Crippen LogP contribution in [0.5, 0.6) is 5.75 Å². The molecule has 0 aliphatic carbocycles. The molecule has 4 heteroatoms. The number of hydrogen-bond acceptors (Lipinski definition) is 3. The van der Waals surface area contributed by atoms with Gasteiger partial charge in [0.05, 0.1) is 13.7 Å². The van der Waals surface area contributed by atoms with Gasteiger partial charge in [0.1, 0.15) is 5.75 Å². The zero-order valence-electron chi connectivity index (χ0n) is 11.7. The Morgan fingerprint density at radius 2 is 2.16 bits per heavy atom. The number of carbonyl (C=O) groups is 1. The Bertz CT molecular complexity index is 426. The van der Waals surface area contributed by atoms with Crippen molar-refractivity contribution in [2.75, 3.05) is 32.1 Å². The Morgan fingerprint density at radius 3 is 2.84 bits per heavy atom. The van der Waals surface area contributed by atoms with Crippen molar-refractivity contribution in [3.8, 4) is 5.75 Å². The van der Waals surface area contributed by atoms with Crippen molar-refractivity contribution in [2.24, 2.45) is 5.92 Å². The summed E-state index contributed by atoms with van der Waals surface area (Å²) in [4.78, 5) is 14.0. The Morgan fingerprint density at radius 1 is 1.42 bits per heavy atom. The standard InChI is InChI=1S/C15H22N2O2/c1-12-6-8-17(9-7-12)15(18)11-16-13-4-3-5-14(10-13)19-2/h3-5,10,12,16H,6-9,11H2,1-2H3. The number of hydrogen-bond donors (Lipinski definition) is 1. The maximum Gasteiger partial charge on any atom is 0.241 e. The Balaban J connectivity index is 1.82. The van der Waals surface area contributed by atoms with E-state index in [2.05, 4.69) is 12.2 Å². The summed E-state index contributed by atoms with van der Waals surface area (Å²) >= 11 is 0. The topological polar surface area (TPSA) is 41.6 Å². The third kappa shape index (κ3) is 3.88. The molecule has 0 atom stereocenters. The zero-order chi connectivity index (χ0) is 13.7. The molecule has 0 aromatic heterocycles. The molecule has 104 valence electrons. The van der Waals surface area contributed by atoms with Gasteiger partial charge < -0.3 is 15.0 Å². The molecule has 0 saturated carbocycles. The van der Waals surface area contributed by atoms with Crippen LogP contribution in [0.15, 0.2) is 24.3 Å². The number of carbonyl (C=O) groups excluding carboxylic acids is 1. The van der Waals surface area contributed by atoms with Crippen LogP contribution < -0.4 is 10.1 Å². The molecule has 4 nitrogen and oxygen atoms in total. The molecule has 19 heavy (non-hydrogen) atoms. The Hall–Kier alpha value is -1.71. The monoisotopic (exact) mass is 262 g/mol. The largest absolute Gasteiger partial charge is 0.497 e. The van der Waals surface area contributed by atoms with Crippen LogP contribution in [0.25, 0.3) is 0 Å². The number of nitrogens with zero attached hydrogens (tertiary/aromatic N) is 1. The van der Waals surface area contributed by atoms with E-state index in [9.17, 15) is 4.79 Å². The van der Waals surface area contributed by atoms with Crippen molar-refractivity contribution in [2.45, 2.75) is 19.8 Å². The third-order valence-electron chi connectivity index (χ3n) is 3.65. The average Bonchev–Trinajstić information content (AvgIpc) is 2.46. The average molecular weight is 262 g/mol. The molecule has 1 aliphatic heterocycles. The number of amides is 1. The molecule has 1 aliphatic rings. The van der Waals surface area contributed by atoms with Crippen molar-refractivity contribution < 1.29 is 9.53 Å². The summed E-state index contributed by atoms with van der Waals surface area (Å²) in [6, 6.07) is 7.63. The SMILES string of the molecule is COc1cccc(NCC(=O)N2CCC(C)CC2)c1. The summed E-state index contributed by atoms with van der Waals surface area (Å²) in [6.45, 7) is 4.37. The zero-order valence-corrected chi connectivity index (χ0v) is 11.7. The van der Waals surface area contributed by atoms with E-state index >= 15 is 0 Å². The molecular formula is C15H22N2O2. The van der Waals surface area contributed by atoms with Gasteiger partial charge in [-0.25, -0.2) is 0 Å². The van der Waals surface area contributed by atoms with Crippen molar-refractivity contribution in [3.63, 3.8) is 0 Å². The van der Waals surface area contributed by atoms with Gasteiger partial charge in [-0.1, -0.05) is 13.0 Å². The van der Waals surface area contributed by atoms with Gasteiger partial charge in [-0.2, -0.15) is 0 Å². The minimum atomic E-state index is 0.176. The highest BCUT2D eigenvalue weighted by molar-refractivity contribution is 5.81. The predicted molar refractivity (Wildman–Crippen MR) is 76.5 cm³/mol. The van der Waals surface area contributed by atoms with Crippen molar-refractivity contribution in [1.29, 1.82) is 0 Å². The lowest BCUT2D eigenvalue weighted by atomic mass is 9.99. The molecule has 0 spiro atoms. The molecule has 0 unspecified atom stereocenters. The van der Waals surface area contributed by atoms with Crippen LogP contribution in [0.2, 0.25) is 0 Å². The van der Waals surface area contributed by atoms with Gasteiger partial charge >= 0.3 is 0 Å². The number of methoxy groups -OCH3 is 1. The number of ether oxygens (including phenoxy) is 1. The summed E-state index contributed by atoms with van der Waals surface area (Å²) in [5, 5.41) is 3.16. The molecule has 0 bridgehead atoms. The van der Waals surface area contributed by atoms with Crippen LogP contribution >= 0.6 is 0 Å². The van der Waals surface area contributed by atoms with E-state index in [0.29, 0.717) is 6.54 Å². The summed E-state index contributed by atoms with van der Waals surface area (Å²) in [7, 11) is 1.64. The van der Waals surface area contributed by atoms with E-state index in [1.54, 1.807) is 7.11 Å². The number of benzene rings is 1. The summed E-state index contributed by atoms with van der Waals surface area (Å²) < 4.78 is 5.15. The molecule has 1 fully saturated rings. The highest BCUT2D eigenvalue weighted by Gasteiger charge is 2.19. The van der Waals surface area contributed by atoms with Crippen molar-refractivity contribution in [3.05, 3.63) is 24.3 Å². The molecule has 1 aromatic carbocycles. The van der Waals surface area contributed by atoms with Crippen molar-refractivity contribution in [1.82, 2.24) is 4.90 Å². The fourth-order valence-corrected chi connectivity index (χ4v) is 2.28. The Labute approximate surface area is 114 Å². The molecule has 0 radical (unpaired) electrons. The van der Waals surface area contributed by atoms with Gasteiger partial charge in [0, 0.05) is 24.8 Å². The second kappa shape index (κ2) is 6.45. The molecule has 1 heterocycles. The molecule has 1 amide bonds.